The molecule has 0 atom stereocenters. The molecular weight excluding hydrogens is 352 g/mol. The smallest absolute Gasteiger partial charge is 0.0463 e. The van der Waals surface area contributed by atoms with Crippen LogP contribution in [0.2, 0.25) is 0 Å². The number of hydrogen-bond acceptors (Lipinski definition) is 2. The molecule has 2 nitrogen and oxygen atoms in total. The molecule has 0 radical (unpaired) electrons. The van der Waals surface area contributed by atoms with E-state index in [1.54, 1.807) is 0 Å². The van der Waals surface area contributed by atoms with Crippen molar-refractivity contribution in [2.45, 2.75) is 71.1 Å². The van der Waals surface area contributed by atoms with Gasteiger partial charge in [-0.25, -0.2) is 0 Å². The third kappa shape index (κ3) is 4.44. The molecule has 0 aromatic heterocycles. The first-order chi connectivity index (χ1) is 14.0. The Hall–Kier alpha value is -1.64. The predicted octanol–water partition coefficient (Wildman–Crippen LogP) is 6.03. The highest BCUT2D eigenvalue weighted by Crippen LogP contribution is 2.51. The molecule has 0 aliphatic heterocycles. The van der Waals surface area contributed by atoms with Crippen molar-refractivity contribution in [2.75, 3.05) is 26.2 Å². The van der Waals surface area contributed by atoms with Crippen LogP contribution in [-0.2, 0) is 10.8 Å². The molecule has 0 saturated carbocycles. The van der Waals surface area contributed by atoms with Crippen LogP contribution in [0.15, 0.2) is 42.5 Å². The lowest BCUT2D eigenvalue weighted by Gasteiger charge is -2.34. The van der Waals surface area contributed by atoms with Crippen LogP contribution in [0.5, 0.6) is 0 Å². The highest BCUT2D eigenvalue weighted by molar-refractivity contribution is 5.84. The lowest BCUT2D eigenvalue weighted by atomic mass is 9.76. The van der Waals surface area contributed by atoms with E-state index in [9.17, 15) is 0 Å². The fourth-order valence-corrected chi connectivity index (χ4v) is 4.78. The summed E-state index contributed by atoms with van der Waals surface area (Å²) in [4.78, 5) is 0. The van der Waals surface area contributed by atoms with Gasteiger partial charge in [-0.15, -0.1) is 0 Å². The summed E-state index contributed by atoms with van der Waals surface area (Å²) < 4.78 is 0. The third-order valence-electron chi connectivity index (χ3n) is 6.37. The average molecular weight is 393 g/mol. The fourth-order valence-electron chi connectivity index (χ4n) is 4.78. The Morgan fingerprint density at radius 2 is 1.34 bits per heavy atom. The van der Waals surface area contributed by atoms with Gasteiger partial charge in [0.1, 0.15) is 0 Å². The van der Waals surface area contributed by atoms with Crippen LogP contribution in [0.1, 0.15) is 77.0 Å². The van der Waals surface area contributed by atoms with Crippen LogP contribution in [0.4, 0.5) is 0 Å². The van der Waals surface area contributed by atoms with Crippen molar-refractivity contribution in [3.8, 4) is 11.1 Å². The first kappa shape index (κ1) is 22.1. The Kier molecular flexibility index (Phi) is 7.19. The van der Waals surface area contributed by atoms with Crippen molar-refractivity contribution in [1.29, 1.82) is 0 Å². The standard InChI is InChI=1S/C27H40N2/c1-6-8-17-28-19-27(20-29-18-9-7-2)22-14-11-10-13-21(22)25-23(26(3,4)5)15-12-16-24(25)27/h10-16,28-29H,6-9,17-20H2,1-5H3. The number of benzene rings is 2. The van der Waals surface area contributed by atoms with Gasteiger partial charge in [0.15, 0.2) is 0 Å². The van der Waals surface area contributed by atoms with E-state index in [0.717, 1.165) is 26.2 Å². The number of rotatable bonds is 10. The molecule has 0 amide bonds. The molecule has 0 saturated heterocycles. The predicted molar refractivity (Wildman–Crippen MR) is 127 cm³/mol. The van der Waals surface area contributed by atoms with Crippen molar-refractivity contribution in [1.82, 2.24) is 10.6 Å². The molecule has 158 valence electrons. The minimum absolute atomic E-state index is 0.00529. The molecule has 3 rings (SSSR count). The minimum Gasteiger partial charge on any atom is -0.315 e. The van der Waals surface area contributed by atoms with E-state index in [-0.39, 0.29) is 10.8 Å². The summed E-state index contributed by atoms with van der Waals surface area (Å²) in [6.45, 7) is 15.7. The molecule has 1 aliphatic carbocycles. The van der Waals surface area contributed by atoms with Crippen LogP contribution >= 0.6 is 0 Å². The quantitative estimate of drug-likeness (QED) is 0.482. The Labute approximate surface area is 178 Å². The van der Waals surface area contributed by atoms with E-state index < -0.39 is 0 Å². The van der Waals surface area contributed by atoms with Gasteiger partial charge in [0.2, 0.25) is 0 Å². The van der Waals surface area contributed by atoms with Crippen LogP contribution in [-0.4, -0.2) is 26.2 Å². The SMILES string of the molecule is CCCCNCC1(CNCCCC)c2ccccc2-c2c(C(C)(C)C)cccc21. The van der Waals surface area contributed by atoms with E-state index >= 15 is 0 Å². The zero-order valence-electron chi connectivity index (χ0n) is 19.2. The first-order valence-corrected chi connectivity index (χ1v) is 11.6. The molecule has 2 N–H and O–H groups in total. The van der Waals surface area contributed by atoms with E-state index in [4.69, 9.17) is 0 Å². The zero-order valence-corrected chi connectivity index (χ0v) is 19.2. The lowest BCUT2D eigenvalue weighted by Crippen LogP contribution is -2.46. The molecule has 0 spiro atoms. The Morgan fingerprint density at radius 1 is 0.759 bits per heavy atom. The molecule has 0 unspecified atom stereocenters. The number of nitrogens with one attached hydrogen (secondary N) is 2. The molecule has 1 aliphatic rings. The molecule has 0 bridgehead atoms. The van der Waals surface area contributed by atoms with Crippen LogP contribution in [0, 0.1) is 0 Å². The normalized spacial score (nSPS) is 14.7. The van der Waals surface area contributed by atoms with Gasteiger partial charge in [-0.3, -0.25) is 0 Å². The monoisotopic (exact) mass is 392 g/mol. The van der Waals surface area contributed by atoms with Crippen molar-refractivity contribution in [3.05, 3.63) is 59.2 Å². The molecule has 29 heavy (non-hydrogen) atoms. The molecule has 0 heterocycles. The Bertz CT molecular complexity index is 788. The summed E-state index contributed by atoms with van der Waals surface area (Å²) in [5, 5.41) is 7.62. The second-order valence-corrected chi connectivity index (χ2v) is 9.67. The van der Waals surface area contributed by atoms with Gasteiger partial charge < -0.3 is 10.6 Å². The maximum atomic E-state index is 3.81. The van der Waals surface area contributed by atoms with Crippen molar-refractivity contribution in [3.63, 3.8) is 0 Å². The van der Waals surface area contributed by atoms with Gasteiger partial charge in [0.05, 0.1) is 0 Å². The van der Waals surface area contributed by atoms with Crippen molar-refractivity contribution in [2.24, 2.45) is 0 Å². The van der Waals surface area contributed by atoms with Crippen LogP contribution in [0.25, 0.3) is 11.1 Å². The Balaban J connectivity index is 2.10. The molecule has 0 fully saturated rings. The van der Waals surface area contributed by atoms with Gasteiger partial charge in [-0.05, 0) is 59.2 Å². The summed E-state index contributed by atoms with van der Waals surface area (Å²) >= 11 is 0. The lowest BCUT2D eigenvalue weighted by molar-refractivity contribution is 0.432. The molecule has 2 heteroatoms. The second kappa shape index (κ2) is 9.45. The van der Waals surface area contributed by atoms with Gasteiger partial charge in [-0.1, -0.05) is 89.9 Å². The second-order valence-electron chi connectivity index (χ2n) is 9.67. The minimum atomic E-state index is -0.00529. The van der Waals surface area contributed by atoms with Gasteiger partial charge in [-0.2, -0.15) is 0 Å². The van der Waals surface area contributed by atoms with Gasteiger partial charge in [0.25, 0.3) is 0 Å². The third-order valence-corrected chi connectivity index (χ3v) is 6.37. The van der Waals surface area contributed by atoms with Crippen LogP contribution < -0.4 is 10.6 Å². The molecular formula is C27H40N2. The highest BCUT2D eigenvalue weighted by atomic mass is 14.9. The van der Waals surface area contributed by atoms with Crippen LogP contribution in [0.3, 0.4) is 0 Å². The van der Waals surface area contributed by atoms with Crippen molar-refractivity contribution < 1.29 is 0 Å². The van der Waals surface area contributed by atoms with E-state index in [1.807, 2.05) is 0 Å². The largest absolute Gasteiger partial charge is 0.315 e. The number of unbranched alkanes of at least 4 members (excludes halogenated alkanes) is 2. The van der Waals surface area contributed by atoms with E-state index in [2.05, 4.69) is 87.7 Å². The fraction of sp³-hybridized carbons (Fsp3) is 0.556. The number of hydrogen-bond donors (Lipinski definition) is 2. The average Bonchev–Trinajstić information content (AvgIpc) is 2.99. The maximum absolute atomic E-state index is 3.81. The summed E-state index contributed by atoms with van der Waals surface area (Å²) in [7, 11) is 0. The zero-order chi connectivity index (χ0) is 20.9. The summed E-state index contributed by atoms with van der Waals surface area (Å²) in [6.07, 6.45) is 4.93. The van der Waals surface area contributed by atoms with E-state index in [0.29, 0.717) is 0 Å². The highest BCUT2D eigenvalue weighted by Gasteiger charge is 2.44. The van der Waals surface area contributed by atoms with Crippen molar-refractivity contribution >= 4 is 0 Å². The molecule has 2 aromatic rings. The first-order valence-electron chi connectivity index (χ1n) is 11.6. The molecule has 2 aromatic carbocycles. The summed E-state index contributed by atoms with van der Waals surface area (Å²) in [6, 6.07) is 16.1. The summed E-state index contributed by atoms with van der Waals surface area (Å²) in [5.74, 6) is 0. The summed E-state index contributed by atoms with van der Waals surface area (Å²) in [5.41, 5.74) is 7.48. The topological polar surface area (TPSA) is 24.1 Å². The van der Waals surface area contributed by atoms with E-state index in [1.165, 1.54) is 53.5 Å². The van der Waals surface area contributed by atoms with Gasteiger partial charge in [0, 0.05) is 18.5 Å². The maximum Gasteiger partial charge on any atom is 0.0463 e. The van der Waals surface area contributed by atoms with Gasteiger partial charge >= 0.3 is 0 Å². The Morgan fingerprint density at radius 3 is 1.93 bits per heavy atom. The number of fused-ring (bicyclic) bond motifs is 3.